The molecular weight excluding hydrogens is 464 g/mol. The van der Waals surface area contributed by atoms with Gasteiger partial charge in [0.05, 0.1) is 13.1 Å². The highest BCUT2D eigenvalue weighted by Gasteiger charge is 2.24. The Morgan fingerprint density at radius 1 is 0.865 bits per heavy atom. The Labute approximate surface area is 218 Å². The highest BCUT2D eigenvalue weighted by Crippen LogP contribution is 2.23. The number of carbonyl (C=O) groups excluding carboxylic acids is 2. The van der Waals surface area contributed by atoms with E-state index in [4.69, 9.17) is 5.10 Å². The smallest absolute Gasteiger partial charge is 0.246 e. The molecule has 4 heterocycles. The molecule has 2 saturated heterocycles. The number of pyridine rings is 1. The van der Waals surface area contributed by atoms with E-state index in [-0.39, 0.29) is 11.8 Å². The predicted molar refractivity (Wildman–Crippen MR) is 143 cm³/mol. The first-order valence-electron chi connectivity index (χ1n) is 13.1. The summed E-state index contributed by atoms with van der Waals surface area (Å²) in [6.45, 7) is 5.54. The van der Waals surface area contributed by atoms with Gasteiger partial charge in [0.15, 0.2) is 0 Å². The zero-order valence-corrected chi connectivity index (χ0v) is 21.2. The van der Waals surface area contributed by atoms with Crippen molar-refractivity contribution in [2.75, 3.05) is 45.8 Å². The fourth-order valence-electron chi connectivity index (χ4n) is 4.96. The van der Waals surface area contributed by atoms with E-state index in [0.29, 0.717) is 26.2 Å². The third kappa shape index (κ3) is 6.51. The molecule has 0 spiro atoms. The average molecular weight is 499 g/mol. The van der Waals surface area contributed by atoms with Gasteiger partial charge in [0, 0.05) is 75.1 Å². The van der Waals surface area contributed by atoms with Gasteiger partial charge in [-0.2, -0.15) is 5.10 Å². The van der Waals surface area contributed by atoms with E-state index in [9.17, 15) is 9.59 Å². The maximum Gasteiger partial charge on any atom is 0.246 e. The first-order chi connectivity index (χ1) is 18.2. The van der Waals surface area contributed by atoms with Crippen molar-refractivity contribution in [2.45, 2.75) is 25.8 Å². The fraction of sp³-hybridized carbons (Fsp3) is 0.379. The molecule has 2 amide bonds. The van der Waals surface area contributed by atoms with Crippen LogP contribution in [0, 0.1) is 0 Å². The zero-order chi connectivity index (χ0) is 25.5. The fourth-order valence-corrected chi connectivity index (χ4v) is 4.96. The molecule has 0 N–H and O–H groups in total. The molecule has 0 aliphatic carbocycles. The number of piperidine rings is 1. The molecule has 37 heavy (non-hydrogen) atoms. The lowest BCUT2D eigenvalue weighted by Gasteiger charge is -2.35. The number of carbonyl (C=O) groups is 2. The van der Waals surface area contributed by atoms with Crippen LogP contribution in [0.4, 0.5) is 0 Å². The topological polar surface area (TPSA) is 74.6 Å². The molecule has 0 bridgehead atoms. The molecule has 2 aliphatic heterocycles. The molecule has 0 atom stereocenters. The molecular formula is C29H34N6O2. The normalized spacial score (nSPS) is 16.9. The maximum absolute atomic E-state index is 13.0. The molecule has 1 aromatic carbocycles. The summed E-state index contributed by atoms with van der Waals surface area (Å²) in [4.78, 5) is 35.8. The van der Waals surface area contributed by atoms with E-state index in [1.54, 1.807) is 18.5 Å². The predicted octanol–water partition coefficient (Wildman–Crippen LogP) is 3.16. The van der Waals surface area contributed by atoms with E-state index < -0.39 is 0 Å². The zero-order valence-electron chi connectivity index (χ0n) is 21.2. The van der Waals surface area contributed by atoms with Gasteiger partial charge < -0.3 is 9.80 Å². The molecule has 0 unspecified atom stereocenters. The Morgan fingerprint density at radius 2 is 1.65 bits per heavy atom. The van der Waals surface area contributed by atoms with Crippen LogP contribution in [-0.2, 0) is 16.1 Å². The summed E-state index contributed by atoms with van der Waals surface area (Å²) in [5.74, 6) is 0.199. The van der Waals surface area contributed by atoms with Crippen LogP contribution in [0.5, 0.6) is 0 Å². The van der Waals surface area contributed by atoms with Crippen LogP contribution in [0.3, 0.4) is 0 Å². The van der Waals surface area contributed by atoms with Gasteiger partial charge in [-0.3, -0.25) is 24.2 Å². The third-order valence-electron chi connectivity index (χ3n) is 7.07. The third-order valence-corrected chi connectivity index (χ3v) is 7.07. The van der Waals surface area contributed by atoms with Gasteiger partial charge >= 0.3 is 0 Å². The van der Waals surface area contributed by atoms with E-state index in [2.05, 4.69) is 22.0 Å². The molecule has 0 saturated carbocycles. The largest absolute Gasteiger partial charge is 0.342 e. The molecule has 192 valence electrons. The number of likely N-dealkylation sites (tertiary alicyclic amines) is 1. The molecule has 8 nitrogen and oxygen atoms in total. The number of nitrogens with zero attached hydrogens (tertiary/aromatic N) is 6. The summed E-state index contributed by atoms with van der Waals surface area (Å²) in [6.07, 6.45) is 12.4. The van der Waals surface area contributed by atoms with Gasteiger partial charge in [-0.25, -0.2) is 0 Å². The van der Waals surface area contributed by atoms with Gasteiger partial charge in [-0.05, 0) is 43.0 Å². The molecule has 2 aromatic heterocycles. The Balaban J connectivity index is 1.21. The van der Waals surface area contributed by atoms with Gasteiger partial charge in [0.1, 0.15) is 5.69 Å². The second kappa shape index (κ2) is 12.0. The lowest BCUT2D eigenvalue weighted by Crippen LogP contribution is -2.51. The number of benzene rings is 1. The Hall–Kier alpha value is -3.78. The second-order valence-corrected chi connectivity index (χ2v) is 9.73. The molecule has 2 fully saturated rings. The van der Waals surface area contributed by atoms with Crippen molar-refractivity contribution in [2.24, 2.45) is 0 Å². The van der Waals surface area contributed by atoms with Crippen molar-refractivity contribution in [3.63, 3.8) is 0 Å². The molecule has 3 aromatic rings. The number of amides is 2. The van der Waals surface area contributed by atoms with Crippen LogP contribution in [0.15, 0.2) is 67.1 Å². The molecule has 2 aliphatic rings. The van der Waals surface area contributed by atoms with Gasteiger partial charge in [0.2, 0.25) is 11.8 Å². The molecule has 8 heteroatoms. The number of rotatable bonds is 7. The summed E-state index contributed by atoms with van der Waals surface area (Å²) >= 11 is 0. The summed E-state index contributed by atoms with van der Waals surface area (Å²) in [5.41, 5.74) is 3.75. The Bertz CT molecular complexity index is 1210. The highest BCUT2D eigenvalue weighted by molar-refractivity contribution is 5.93. The van der Waals surface area contributed by atoms with Gasteiger partial charge in [-0.1, -0.05) is 30.3 Å². The van der Waals surface area contributed by atoms with Crippen molar-refractivity contribution in [3.05, 3.63) is 78.3 Å². The Morgan fingerprint density at radius 3 is 2.38 bits per heavy atom. The van der Waals surface area contributed by atoms with Crippen LogP contribution < -0.4 is 0 Å². The van der Waals surface area contributed by atoms with Crippen LogP contribution >= 0.6 is 0 Å². The SMILES string of the molecule is O=C(/C=C/c1cn(Cc2ccccc2)nc1-c1cccnc1)N1CCN(CC(=O)N2CCCCC2)CC1. The highest BCUT2D eigenvalue weighted by atomic mass is 16.2. The average Bonchev–Trinajstić information content (AvgIpc) is 3.36. The van der Waals surface area contributed by atoms with E-state index in [1.165, 1.54) is 6.42 Å². The number of hydrogen-bond acceptors (Lipinski definition) is 5. The lowest BCUT2D eigenvalue weighted by atomic mass is 10.1. The van der Waals surface area contributed by atoms with Crippen LogP contribution in [0.2, 0.25) is 0 Å². The number of piperazine rings is 1. The maximum atomic E-state index is 13.0. The summed E-state index contributed by atoms with van der Waals surface area (Å²) in [6, 6.07) is 14.0. The minimum absolute atomic E-state index is 0.0186. The molecule has 5 rings (SSSR count). The summed E-state index contributed by atoms with van der Waals surface area (Å²) < 4.78 is 1.90. The Kier molecular flexibility index (Phi) is 8.05. The van der Waals surface area contributed by atoms with Crippen molar-refractivity contribution in [1.82, 2.24) is 29.5 Å². The van der Waals surface area contributed by atoms with Gasteiger partial charge in [-0.15, -0.1) is 0 Å². The van der Waals surface area contributed by atoms with E-state index in [1.807, 2.05) is 57.1 Å². The summed E-state index contributed by atoms with van der Waals surface area (Å²) in [7, 11) is 0. The minimum Gasteiger partial charge on any atom is -0.342 e. The standard InChI is InChI=1S/C29H34N6O2/c36-27(34-18-16-32(17-19-34)23-28(37)33-14-5-2-6-15-33)12-11-26-22-35(21-24-8-3-1-4-9-24)31-29(26)25-10-7-13-30-20-25/h1,3-4,7-13,20,22H,2,5-6,14-19,21,23H2/b12-11+. The first kappa shape index (κ1) is 24.9. The minimum atomic E-state index is -0.0186. The molecule has 0 radical (unpaired) electrons. The van der Waals surface area contributed by atoms with Crippen molar-refractivity contribution >= 4 is 17.9 Å². The monoisotopic (exact) mass is 498 g/mol. The summed E-state index contributed by atoms with van der Waals surface area (Å²) in [5, 5.41) is 4.80. The number of aromatic nitrogens is 3. The quantitative estimate of drug-likeness (QED) is 0.468. The van der Waals surface area contributed by atoms with Gasteiger partial charge in [0.25, 0.3) is 0 Å². The van der Waals surface area contributed by atoms with Crippen molar-refractivity contribution < 1.29 is 9.59 Å². The van der Waals surface area contributed by atoms with Crippen molar-refractivity contribution in [3.8, 4) is 11.3 Å². The van der Waals surface area contributed by atoms with Crippen molar-refractivity contribution in [1.29, 1.82) is 0 Å². The van der Waals surface area contributed by atoms with Crippen LogP contribution in [0.25, 0.3) is 17.3 Å². The van der Waals surface area contributed by atoms with E-state index >= 15 is 0 Å². The van der Waals surface area contributed by atoms with E-state index in [0.717, 1.165) is 61.4 Å². The lowest BCUT2D eigenvalue weighted by molar-refractivity contribution is -0.134. The number of hydrogen-bond donors (Lipinski definition) is 0. The second-order valence-electron chi connectivity index (χ2n) is 9.73. The van der Waals surface area contributed by atoms with Crippen LogP contribution in [-0.4, -0.2) is 87.1 Å². The van der Waals surface area contributed by atoms with Crippen LogP contribution in [0.1, 0.15) is 30.4 Å². The first-order valence-corrected chi connectivity index (χ1v) is 13.1.